The van der Waals surface area contributed by atoms with Gasteiger partial charge in [0.25, 0.3) is 5.91 Å². The fraction of sp³-hybridized carbons (Fsp3) is 0. The predicted molar refractivity (Wildman–Crippen MR) is 79.3 cm³/mol. The first-order chi connectivity index (χ1) is 10.4. The van der Waals surface area contributed by atoms with Crippen molar-refractivity contribution in [2.45, 2.75) is 0 Å². The van der Waals surface area contributed by atoms with Crippen molar-refractivity contribution in [2.75, 3.05) is 5.32 Å². The molecule has 0 aliphatic rings. The van der Waals surface area contributed by atoms with E-state index >= 15 is 0 Å². The van der Waals surface area contributed by atoms with Crippen LogP contribution in [0.3, 0.4) is 0 Å². The van der Waals surface area contributed by atoms with Crippen LogP contribution in [0.5, 0.6) is 0 Å². The Morgan fingerprint density at radius 3 is 2.18 bits per heavy atom. The van der Waals surface area contributed by atoms with Crippen LogP contribution < -0.4 is 10.6 Å². The molecule has 0 saturated heterocycles. The molecule has 0 heterocycles. The molecule has 0 aliphatic carbocycles. The fourth-order valence-electron chi connectivity index (χ4n) is 1.61. The van der Waals surface area contributed by atoms with Crippen molar-refractivity contribution >= 4 is 40.8 Å². The summed E-state index contributed by atoms with van der Waals surface area (Å²) in [5.74, 6) is -2.51. The lowest BCUT2D eigenvalue weighted by molar-refractivity contribution is 0.0963. The van der Waals surface area contributed by atoms with E-state index in [0.29, 0.717) is 0 Å². The van der Waals surface area contributed by atoms with E-state index in [4.69, 9.17) is 23.2 Å². The number of rotatable bonds is 2. The van der Waals surface area contributed by atoms with Crippen molar-refractivity contribution in [1.29, 1.82) is 0 Å². The average molecular weight is 345 g/mol. The molecule has 0 aliphatic heterocycles. The van der Waals surface area contributed by atoms with E-state index < -0.39 is 23.6 Å². The van der Waals surface area contributed by atoms with E-state index in [1.165, 1.54) is 18.2 Å². The topological polar surface area (TPSA) is 58.2 Å². The molecular weight excluding hydrogens is 337 g/mol. The highest BCUT2D eigenvalue weighted by molar-refractivity contribution is 6.35. The summed E-state index contributed by atoms with van der Waals surface area (Å²) in [6.45, 7) is 0. The minimum absolute atomic E-state index is 0.0789. The number of imide groups is 1. The Labute approximate surface area is 134 Å². The normalized spacial score (nSPS) is 10.2. The quantitative estimate of drug-likeness (QED) is 0.800. The van der Waals surface area contributed by atoms with Gasteiger partial charge in [0, 0.05) is 5.69 Å². The van der Waals surface area contributed by atoms with E-state index in [1.54, 1.807) is 0 Å². The fourth-order valence-corrected chi connectivity index (χ4v) is 2.09. The van der Waals surface area contributed by atoms with Gasteiger partial charge in [-0.3, -0.25) is 10.1 Å². The van der Waals surface area contributed by atoms with E-state index in [-0.39, 0.29) is 21.3 Å². The van der Waals surface area contributed by atoms with Gasteiger partial charge in [0.15, 0.2) is 5.82 Å². The van der Waals surface area contributed by atoms with Gasteiger partial charge in [-0.1, -0.05) is 35.3 Å². The maximum Gasteiger partial charge on any atom is 0.326 e. The molecular formula is C14H8Cl2F2N2O2. The molecule has 0 spiro atoms. The minimum Gasteiger partial charge on any atom is -0.308 e. The summed E-state index contributed by atoms with van der Waals surface area (Å²) in [5.41, 5.74) is -0.206. The summed E-state index contributed by atoms with van der Waals surface area (Å²) in [7, 11) is 0. The second-order valence-corrected chi connectivity index (χ2v) is 4.96. The highest BCUT2D eigenvalue weighted by Gasteiger charge is 2.15. The van der Waals surface area contributed by atoms with E-state index in [9.17, 15) is 18.4 Å². The molecule has 8 heteroatoms. The molecule has 0 fully saturated rings. The summed E-state index contributed by atoms with van der Waals surface area (Å²) < 4.78 is 26.6. The van der Waals surface area contributed by atoms with Crippen LogP contribution in [0.1, 0.15) is 10.4 Å². The number of carbonyl (C=O) groups excluding carboxylic acids is 2. The van der Waals surface area contributed by atoms with Crippen molar-refractivity contribution in [3.8, 4) is 0 Å². The monoisotopic (exact) mass is 344 g/mol. The van der Waals surface area contributed by atoms with Gasteiger partial charge < -0.3 is 5.32 Å². The lowest BCUT2D eigenvalue weighted by Gasteiger charge is -2.08. The number of amides is 3. The average Bonchev–Trinajstić information content (AvgIpc) is 2.44. The van der Waals surface area contributed by atoms with E-state index in [0.717, 1.165) is 18.2 Å². The third kappa shape index (κ3) is 3.72. The molecule has 2 aromatic carbocycles. The predicted octanol–water partition coefficient (Wildman–Crippen LogP) is 4.23. The number of carbonyl (C=O) groups is 2. The zero-order chi connectivity index (χ0) is 16.3. The summed E-state index contributed by atoms with van der Waals surface area (Å²) in [6, 6.07) is 6.48. The Morgan fingerprint density at radius 2 is 1.59 bits per heavy atom. The van der Waals surface area contributed by atoms with E-state index in [1.807, 2.05) is 5.32 Å². The first-order valence-corrected chi connectivity index (χ1v) is 6.65. The van der Waals surface area contributed by atoms with Gasteiger partial charge >= 0.3 is 6.03 Å². The number of halogens is 4. The number of anilines is 1. The molecule has 22 heavy (non-hydrogen) atoms. The Hall–Kier alpha value is -2.18. The standard InChI is InChI=1S/C14H8Cl2F2N2O2/c15-9-5-7(6-10(16)12(9)18)19-14(22)20-13(21)8-3-1-2-4-11(8)17/h1-6H,(H2,19,20,21,22). The van der Waals surface area contributed by atoms with Crippen LogP contribution in [0.2, 0.25) is 10.0 Å². The van der Waals surface area contributed by atoms with Gasteiger partial charge in [-0.25, -0.2) is 13.6 Å². The minimum atomic E-state index is -0.938. The molecule has 2 N–H and O–H groups in total. The molecule has 2 rings (SSSR count). The van der Waals surface area contributed by atoms with Gasteiger partial charge in [0.1, 0.15) is 5.82 Å². The van der Waals surface area contributed by atoms with Crippen molar-refractivity contribution in [3.05, 3.63) is 63.6 Å². The van der Waals surface area contributed by atoms with Gasteiger partial charge in [0.05, 0.1) is 15.6 Å². The number of benzene rings is 2. The first kappa shape index (κ1) is 16.2. The third-order valence-corrected chi connectivity index (χ3v) is 3.14. The summed E-state index contributed by atoms with van der Waals surface area (Å²) in [4.78, 5) is 23.4. The highest BCUT2D eigenvalue weighted by atomic mass is 35.5. The highest BCUT2D eigenvalue weighted by Crippen LogP contribution is 2.27. The molecule has 0 radical (unpaired) electrons. The number of nitrogens with one attached hydrogen (secondary N) is 2. The Bertz CT molecular complexity index is 730. The van der Waals surface area contributed by atoms with Crippen LogP contribution >= 0.6 is 23.2 Å². The van der Waals surface area contributed by atoms with Crippen molar-refractivity contribution in [3.63, 3.8) is 0 Å². The van der Waals surface area contributed by atoms with Gasteiger partial charge in [0.2, 0.25) is 0 Å². The molecule has 2 aromatic rings. The SMILES string of the molecule is O=C(NC(=O)c1ccccc1F)Nc1cc(Cl)c(F)c(Cl)c1. The molecule has 4 nitrogen and oxygen atoms in total. The van der Waals surface area contributed by atoms with Crippen molar-refractivity contribution < 1.29 is 18.4 Å². The first-order valence-electron chi connectivity index (χ1n) is 5.90. The molecule has 0 atom stereocenters. The molecule has 0 unspecified atom stereocenters. The van der Waals surface area contributed by atoms with E-state index in [2.05, 4.69) is 5.32 Å². The van der Waals surface area contributed by atoms with Crippen LogP contribution in [0.4, 0.5) is 19.3 Å². The molecule has 0 bridgehead atoms. The van der Waals surface area contributed by atoms with Gasteiger partial charge in [-0.2, -0.15) is 0 Å². The Kier molecular flexibility index (Phi) is 4.95. The maximum absolute atomic E-state index is 13.4. The largest absolute Gasteiger partial charge is 0.326 e. The second kappa shape index (κ2) is 6.72. The molecule has 0 saturated carbocycles. The van der Waals surface area contributed by atoms with Gasteiger partial charge in [-0.05, 0) is 24.3 Å². The molecule has 3 amide bonds. The number of urea groups is 1. The van der Waals surface area contributed by atoms with Crippen LogP contribution in [-0.2, 0) is 0 Å². The summed E-state index contributed by atoms with van der Waals surface area (Å²) >= 11 is 11.2. The van der Waals surface area contributed by atoms with Crippen LogP contribution in [0, 0.1) is 11.6 Å². The van der Waals surface area contributed by atoms with Gasteiger partial charge in [-0.15, -0.1) is 0 Å². The summed E-state index contributed by atoms with van der Waals surface area (Å²) in [6.07, 6.45) is 0. The Balaban J connectivity index is 2.08. The summed E-state index contributed by atoms with van der Waals surface area (Å²) in [5, 5.41) is 3.59. The molecule has 114 valence electrons. The second-order valence-electron chi connectivity index (χ2n) is 4.14. The zero-order valence-electron chi connectivity index (χ0n) is 10.8. The van der Waals surface area contributed by atoms with Crippen LogP contribution in [0.15, 0.2) is 36.4 Å². The van der Waals surface area contributed by atoms with Crippen LogP contribution in [-0.4, -0.2) is 11.9 Å². The molecule has 0 aromatic heterocycles. The lowest BCUT2D eigenvalue weighted by Crippen LogP contribution is -2.34. The van der Waals surface area contributed by atoms with Crippen molar-refractivity contribution in [2.24, 2.45) is 0 Å². The maximum atomic E-state index is 13.4. The number of hydrogen-bond acceptors (Lipinski definition) is 2. The van der Waals surface area contributed by atoms with Crippen molar-refractivity contribution in [1.82, 2.24) is 5.32 Å². The smallest absolute Gasteiger partial charge is 0.308 e. The Morgan fingerprint density at radius 1 is 1.00 bits per heavy atom. The lowest BCUT2D eigenvalue weighted by atomic mass is 10.2. The van der Waals surface area contributed by atoms with Crippen LogP contribution in [0.25, 0.3) is 0 Å². The number of hydrogen-bond donors (Lipinski definition) is 2. The zero-order valence-corrected chi connectivity index (χ0v) is 12.3. The third-order valence-electron chi connectivity index (χ3n) is 2.59.